The first kappa shape index (κ1) is 17.1. The number of carbonyl (C=O) groups is 1. The van der Waals surface area contributed by atoms with Crippen molar-refractivity contribution in [3.8, 4) is 0 Å². The highest BCUT2D eigenvalue weighted by atomic mass is 79.9. The minimum atomic E-state index is -0.352. The number of halogens is 2. The minimum Gasteiger partial charge on any atom is -0.268 e. The zero-order valence-corrected chi connectivity index (χ0v) is 15.5. The second-order valence-corrected chi connectivity index (χ2v) is 7.43. The Hall–Kier alpha value is -1.76. The van der Waals surface area contributed by atoms with Gasteiger partial charge in [-0.15, -0.1) is 0 Å². The number of benzene rings is 2. The molecule has 1 fully saturated rings. The predicted octanol–water partition coefficient (Wildman–Crippen LogP) is 5.51. The summed E-state index contributed by atoms with van der Waals surface area (Å²) in [6, 6.07) is 15.5. The summed E-state index contributed by atoms with van der Waals surface area (Å²) in [4.78, 5) is 14.5. The Morgan fingerprint density at radius 2 is 1.79 bits per heavy atom. The van der Waals surface area contributed by atoms with Crippen molar-refractivity contribution < 1.29 is 9.18 Å². The highest BCUT2D eigenvalue weighted by Crippen LogP contribution is 2.35. The van der Waals surface area contributed by atoms with Gasteiger partial charge < -0.3 is 0 Å². The Morgan fingerprint density at radius 3 is 2.46 bits per heavy atom. The van der Waals surface area contributed by atoms with Crippen LogP contribution in [-0.2, 0) is 4.79 Å². The fourth-order valence-electron chi connectivity index (χ4n) is 2.14. The molecule has 2 aromatic rings. The van der Waals surface area contributed by atoms with Crippen LogP contribution in [0.2, 0.25) is 0 Å². The zero-order chi connectivity index (χ0) is 17.1. The average Bonchev–Trinajstić information content (AvgIpc) is 2.88. The Bertz CT molecular complexity index is 847. The molecule has 0 radical (unpaired) electrons. The van der Waals surface area contributed by atoms with E-state index in [0.29, 0.717) is 14.9 Å². The summed E-state index contributed by atoms with van der Waals surface area (Å²) >= 11 is 10.0. The van der Waals surface area contributed by atoms with Crippen LogP contribution in [0.3, 0.4) is 0 Å². The van der Waals surface area contributed by atoms with Crippen LogP contribution >= 0.6 is 39.9 Å². The van der Waals surface area contributed by atoms with E-state index in [1.165, 1.54) is 28.8 Å². The van der Waals surface area contributed by atoms with Crippen LogP contribution in [-0.4, -0.2) is 10.2 Å². The normalized spacial score (nSPS) is 17.0. The molecular formula is C18H11BrFNOS2. The van der Waals surface area contributed by atoms with Gasteiger partial charge in [-0.25, -0.2) is 4.39 Å². The lowest BCUT2D eigenvalue weighted by Gasteiger charge is -2.14. The molecule has 120 valence electrons. The van der Waals surface area contributed by atoms with Crippen LogP contribution in [0.1, 0.15) is 5.56 Å². The summed E-state index contributed by atoms with van der Waals surface area (Å²) in [5.74, 6) is -0.560. The molecule has 0 saturated carbocycles. The Kier molecular flexibility index (Phi) is 5.28. The van der Waals surface area contributed by atoms with Gasteiger partial charge in [0.1, 0.15) is 5.82 Å². The molecule has 0 bridgehead atoms. The van der Waals surface area contributed by atoms with E-state index in [9.17, 15) is 9.18 Å². The van der Waals surface area contributed by atoms with Crippen LogP contribution in [0, 0.1) is 5.82 Å². The highest BCUT2D eigenvalue weighted by Gasteiger charge is 2.32. The van der Waals surface area contributed by atoms with Gasteiger partial charge in [0.15, 0.2) is 4.32 Å². The summed E-state index contributed by atoms with van der Waals surface area (Å²) in [6.07, 6.45) is 3.56. The topological polar surface area (TPSA) is 20.3 Å². The molecule has 1 saturated heterocycles. The summed E-state index contributed by atoms with van der Waals surface area (Å²) in [5, 5.41) is 0. The molecule has 0 aromatic heterocycles. The fourth-order valence-corrected chi connectivity index (χ4v) is 3.77. The smallest absolute Gasteiger partial charge is 0.268 e. The van der Waals surface area contributed by atoms with Crippen molar-refractivity contribution in [3.63, 3.8) is 0 Å². The minimum absolute atomic E-state index is 0.207. The van der Waals surface area contributed by atoms with E-state index in [1.807, 2.05) is 36.4 Å². The average molecular weight is 420 g/mol. The number of thioether (sulfide) groups is 1. The molecule has 0 N–H and O–H groups in total. The van der Waals surface area contributed by atoms with Crippen LogP contribution in [0.4, 0.5) is 10.1 Å². The molecule has 1 aliphatic heterocycles. The van der Waals surface area contributed by atoms with E-state index in [0.717, 1.165) is 10.0 Å². The van der Waals surface area contributed by atoms with E-state index in [1.54, 1.807) is 18.2 Å². The van der Waals surface area contributed by atoms with Gasteiger partial charge >= 0.3 is 0 Å². The number of amides is 1. The maximum Gasteiger partial charge on any atom is 0.270 e. The number of hydrogen-bond donors (Lipinski definition) is 0. The molecule has 6 heteroatoms. The van der Waals surface area contributed by atoms with Crippen LogP contribution in [0.5, 0.6) is 0 Å². The summed E-state index contributed by atoms with van der Waals surface area (Å²) < 4.78 is 14.4. The summed E-state index contributed by atoms with van der Waals surface area (Å²) in [5.41, 5.74) is 1.58. The molecule has 1 aliphatic rings. The Morgan fingerprint density at radius 1 is 1.12 bits per heavy atom. The van der Waals surface area contributed by atoms with Gasteiger partial charge in [0.25, 0.3) is 5.91 Å². The first-order valence-electron chi connectivity index (χ1n) is 7.01. The van der Waals surface area contributed by atoms with Crippen molar-refractivity contribution >= 4 is 60.3 Å². The van der Waals surface area contributed by atoms with Gasteiger partial charge in [-0.1, -0.05) is 70.2 Å². The third-order valence-corrected chi connectivity index (χ3v) is 5.35. The lowest BCUT2D eigenvalue weighted by Crippen LogP contribution is -2.27. The zero-order valence-electron chi connectivity index (χ0n) is 12.3. The van der Waals surface area contributed by atoms with Gasteiger partial charge in [-0.05, 0) is 42.0 Å². The van der Waals surface area contributed by atoms with E-state index in [2.05, 4.69) is 15.9 Å². The second-order valence-electron chi connectivity index (χ2n) is 4.90. The SMILES string of the molecule is O=C1/C(=C/C=C(\Br)c2ccccc2)SC(=S)N1c1ccc(F)cc1. The summed E-state index contributed by atoms with van der Waals surface area (Å²) in [7, 11) is 0. The molecule has 1 heterocycles. The number of rotatable bonds is 3. The number of hydrogen-bond acceptors (Lipinski definition) is 3. The van der Waals surface area contributed by atoms with Gasteiger partial charge in [0.05, 0.1) is 10.6 Å². The molecule has 1 amide bonds. The number of anilines is 1. The Balaban J connectivity index is 1.84. The predicted molar refractivity (Wildman–Crippen MR) is 106 cm³/mol. The first-order valence-corrected chi connectivity index (χ1v) is 9.03. The quantitative estimate of drug-likeness (QED) is 0.483. The third kappa shape index (κ3) is 3.66. The second kappa shape index (κ2) is 7.42. The lowest BCUT2D eigenvalue weighted by atomic mass is 10.2. The maximum absolute atomic E-state index is 13.0. The van der Waals surface area contributed by atoms with Crippen molar-refractivity contribution in [1.82, 2.24) is 0 Å². The van der Waals surface area contributed by atoms with Gasteiger partial charge in [-0.2, -0.15) is 0 Å². The van der Waals surface area contributed by atoms with E-state index < -0.39 is 0 Å². The fraction of sp³-hybridized carbons (Fsp3) is 0. The first-order chi connectivity index (χ1) is 11.6. The molecule has 2 nitrogen and oxygen atoms in total. The monoisotopic (exact) mass is 419 g/mol. The van der Waals surface area contributed by atoms with E-state index in [-0.39, 0.29) is 11.7 Å². The van der Waals surface area contributed by atoms with Crippen molar-refractivity contribution in [2.24, 2.45) is 0 Å². The van der Waals surface area contributed by atoms with Gasteiger partial charge in [0.2, 0.25) is 0 Å². The van der Waals surface area contributed by atoms with Crippen molar-refractivity contribution in [3.05, 3.63) is 83.0 Å². The molecule has 0 atom stereocenters. The van der Waals surface area contributed by atoms with Crippen molar-refractivity contribution in [1.29, 1.82) is 0 Å². The standard InChI is InChI=1S/C18H11BrFNOS2/c19-15(12-4-2-1-3-5-12)10-11-16-17(22)21(18(23)24-16)14-8-6-13(20)7-9-14/h1-11H/b15-10-,16-11-. The lowest BCUT2D eigenvalue weighted by molar-refractivity contribution is -0.113. The van der Waals surface area contributed by atoms with Gasteiger partial charge in [0, 0.05) is 4.48 Å². The number of nitrogens with zero attached hydrogens (tertiary/aromatic N) is 1. The molecule has 2 aromatic carbocycles. The van der Waals surface area contributed by atoms with Crippen molar-refractivity contribution in [2.75, 3.05) is 4.90 Å². The number of carbonyl (C=O) groups excluding carboxylic acids is 1. The van der Waals surface area contributed by atoms with E-state index >= 15 is 0 Å². The number of allylic oxidation sites excluding steroid dienone is 2. The molecule has 3 rings (SSSR count). The van der Waals surface area contributed by atoms with Crippen LogP contribution < -0.4 is 4.90 Å². The molecule has 0 unspecified atom stereocenters. The molecule has 0 aliphatic carbocycles. The largest absolute Gasteiger partial charge is 0.270 e. The summed E-state index contributed by atoms with van der Waals surface area (Å²) in [6.45, 7) is 0. The number of thiocarbonyl (C=S) groups is 1. The Labute approximate surface area is 157 Å². The van der Waals surface area contributed by atoms with Crippen LogP contribution in [0.15, 0.2) is 71.7 Å². The van der Waals surface area contributed by atoms with Crippen LogP contribution in [0.25, 0.3) is 4.48 Å². The van der Waals surface area contributed by atoms with Crippen molar-refractivity contribution in [2.45, 2.75) is 0 Å². The van der Waals surface area contributed by atoms with Gasteiger partial charge in [-0.3, -0.25) is 9.69 Å². The molecular weight excluding hydrogens is 409 g/mol. The third-order valence-electron chi connectivity index (χ3n) is 3.31. The van der Waals surface area contributed by atoms with E-state index in [4.69, 9.17) is 12.2 Å². The molecule has 24 heavy (non-hydrogen) atoms. The molecule has 0 spiro atoms. The maximum atomic E-state index is 13.0. The highest BCUT2D eigenvalue weighted by molar-refractivity contribution is 9.15.